The number of hydrogen-bond acceptors (Lipinski definition) is 13. The highest BCUT2D eigenvalue weighted by Gasteiger charge is 2.29. The van der Waals surface area contributed by atoms with E-state index in [4.69, 9.17) is 47.1 Å². The van der Waals surface area contributed by atoms with E-state index in [0.29, 0.717) is 26.2 Å². The first kappa shape index (κ1) is 40.2. The number of nitrogens with two attached hydrogens (primary N) is 1. The van der Waals surface area contributed by atoms with Crippen LogP contribution in [0.5, 0.6) is 0 Å². The molecule has 0 aliphatic heterocycles. The topological polar surface area (TPSA) is 221 Å². The van der Waals surface area contributed by atoms with E-state index in [0.717, 1.165) is 6.42 Å². The van der Waals surface area contributed by atoms with Gasteiger partial charge in [-0.15, -0.1) is 0 Å². The van der Waals surface area contributed by atoms with Gasteiger partial charge in [0.25, 0.3) is 0 Å². The highest BCUT2D eigenvalue weighted by atomic mass is 31.2. The molecule has 0 aliphatic carbocycles. The molecule has 0 radical (unpaired) electrons. The van der Waals surface area contributed by atoms with Gasteiger partial charge in [0, 0.05) is 19.1 Å². The molecule has 5 N–H and O–H groups in total. The molecule has 0 amide bonds. The third-order valence-electron chi connectivity index (χ3n) is 4.39. The molecule has 16 nitrogen and oxygen atoms in total. The van der Waals surface area contributed by atoms with Gasteiger partial charge >= 0.3 is 23.5 Å². The molecule has 0 saturated heterocycles. The van der Waals surface area contributed by atoms with E-state index in [1.54, 1.807) is 0 Å². The minimum Gasteiger partial charge on any atom is -0.379 e. The number of phosphoric acid groups is 3. The summed E-state index contributed by atoms with van der Waals surface area (Å²) in [6.07, 6.45) is 1.25. The normalized spacial score (nSPS) is 17.7. The van der Waals surface area contributed by atoms with Crippen molar-refractivity contribution in [1.29, 1.82) is 0 Å². The second-order valence-electron chi connectivity index (χ2n) is 9.59. The maximum absolute atomic E-state index is 12.2. The summed E-state index contributed by atoms with van der Waals surface area (Å²) >= 11 is 0. The third-order valence-corrected chi connectivity index (χ3v) is 7.37. The lowest BCUT2D eigenvalue weighted by Gasteiger charge is -2.26. The zero-order chi connectivity index (χ0) is 30.5. The van der Waals surface area contributed by atoms with Crippen LogP contribution in [-0.2, 0) is 55.0 Å². The van der Waals surface area contributed by atoms with Crippen molar-refractivity contribution < 1.29 is 69.7 Å². The first-order valence-electron chi connectivity index (χ1n) is 12.9. The lowest BCUT2D eigenvalue weighted by Crippen LogP contribution is -2.22. The summed E-state index contributed by atoms with van der Waals surface area (Å²) in [5.41, 5.74) is 5.00. The van der Waals surface area contributed by atoms with Gasteiger partial charge < -0.3 is 34.6 Å². The maximum atomic E-state index is 12.2. The number of rotatable bonds is 27. The molecule has 40 heavy (non-hydrogen) atoms. The van der Waals surface area contributed by atoms with Crippen LogP contribution in [0.4, 0.5) is 0 Å². The van der Waals surface area contributed by atoms with E-state index < -0.39 is 29.4 Å². The van der Waals surface area contributed by atoms with E-state index in [1.165, 1.54) is 0 Å². The standard InChI is InChI=1S/C21H48NO15P3/c1-5-7-29-9-13-34-39(25,26)36-18-20(17-21(2,3)4)19-37-40(27,28)35-16-12-31-11-15-33-38(23,24)32-14-10-30-8-6-22/h20H,5-19,22H2,1-4H3,(H,23,24)(H,25,26)(H,27,28). The summed E-state index contributed by atoms with van der Waals surface area (Å²) in [7, 11) is -13.1. The Morgan fingerprint density at radius 1 is 0.600 bits per heavy atom. The molecule has 0 fully saturated rings. The Morgan fingerprint density at radius 2 is 0.950 bits per heavy atom. The van der Waals surface area contributed by atoms with Crippen LogP contribution in [0.15, 0.2) is 0 Å². The van der Waals surface area contributed by atoms with Gasteiger partial charge in [-0.05, 0) is 18.3 Å². The van der Waals surface area contributed by atoms with E-state index >= 15 is 0 Å². The molecule has 0 aromatic rings. The van der Waals surface area contributed by atoms with Crippen LogP contribution < -0.4 is 5.73 Å². The summed E-state index contributed by atoms with van der Waals surface area (Å²) in [5.74, 6) is -0.526. The predicted octanol–water partition coefficient (Wildman–Crippen LogP) is 2.86. The second-order valence-corrected chi connectivity index (χ2v) is 13.9. The van der Waals surface area contributed by atoms with Gasteiger partial charge in [-0.3, -0.25) is 27.1 Å². The Labute approximate surface area is 236 Å². The van der Waals surface area contributed by atoms with E-state index in [1.807, 2.05) is 27.7 Å². The van der Waals surface area contributed by atoms with Crippen LogP contribution in [0.3, 0.4) is 0 Å². The Hall–Kier alpha value is 0.170. The van der Waals surface area contributed by atoms with Gasteiger partial charge in [0.1, 0.15) is 0 Å². The fourth-order valence-electron chi connectivity index (χ4n) is 2.92. The van der Waals surface area contributed by atoms with Crippen LogP contribution in [0, 0.1) is 11.3 Å². The smallest absolute Gasteiger partial charge is 0.379 e. The van der Waals surface area contributed by atoms with Crippen molar-refractivity contribution >= 4 is 23.5 Å². The predicted molar refractivity (Wildman–Crippen MR) is 145 cm³/mol. The van der Waals surface area contributed by atoms with Crippen molar-refractivity contribution in [2.45, 2.75) is 40.5 Å². The second kappa shape index (κ2) is 21.8. The van der Waals surface area contributed by atoms with Crippen molar-refractivity contribution in [2.24, 2.45) is 17.1 Å². The van der Waals surface area contributed by atoms with Gasteiger partial charge in [0.05, 0.1) is 72.7 Å². The van der Waals surface area contributed by atoms with Crippen molar-refractivity contribution in [3.8, 4) is 0 Å². The number of ether oxygens (including phenoxy) is 3. The monoisotopic (exact) mass is 647 g/mol. The summed E-state index contributed by atoms with van der Waals surface area (Å²) in [6.45, 7) is 7.38. The molecular formula is C21H48NO15P3. The number of phosphoric ester groups is 3. The van der Waals surface area contributed by atoms with Crippen LogP contribution >= 0.6 is 23.5 Å². The van der Waals surface area contributed by atoms with Gasteiger partial charge in [0.15, 0.2) is 0 Å². The average molecular weight is 648 g/mol. The fraction of sp³-hybridized carbons (Fsp3) is 1.00. The van der Waals surface area contributed by atoms with Gasteiger partial charge in [-0.2, -0.15) is 0 Å². The number of hydrogen-bond donors (Lipinski definition) is 4. The zero-order valence-corrected chi connectivity index (χ0v) is 26.5. The fourth-order valence-corrected chi connectivity index (χ4v) is 5.17. The molecule has 4 atom stereocenters. The van der Waals surface area contributed by atoms with E-state index in [2.05, 4.69) is 0 Å². The highest BCUT2D eigenvalue weighted by Crippen LogP contribution is 2.46. The summed E-state index contributed by atoms with van der Waals surface area (Å²) in [4.78, 5) is 29.4. The van der Waals surface area contributed by atoms with Gasteiger partial charge in [0.2, 0.25) is 0 Å². The minimum absolute atomic E-state index is 0.0812. The van der Waals surface area contributed by atoms with Crippen LogP contribution in [0.2, 0.25) is 0 Å². The molecule has 0 saturated carbocycles. The van der Waals surface area contributed by atoms with Crippen LogP contribution in [0.25, 0.3) is 0 Å². The van der Waals surface area contributed by atoms with E-state index in [9.17, 15) is 28.4 Å². The maximum Gasteiger partial charge on any atom is 0.472 e. The molecule has 0 heterocycles. The third kappa shape index (κ3) is 25.8. The Bertz CT molecular complexity index is 783. The highest BCUT2D eigenvalue weighted by molar-refractivity contribution is 7.47. The van der Waals surface area contributed by atoms with Gasteiger partial charge in [-0.25, -0.2) is 13.7 Å². The van der Waals surface area contributed by atoms with Crippen molar-refractivity contribution in [3.63, 3.8) is 0 Å². The molecular weight excluding hydrogens is 599 g/mol. The first-order valence-corrected chi connectivity index (χ1v) is 17.4. The first-order chi connectivity index (χ1) is 18.6. The Morgan fingerprint density at radius 3 is 1.30 bits per heavy atom. The molecule has 0 aromatic carbocycles. The molecule has 0 rings (SSSR count). The molecule has 242 valence electrons. The minimum atomic E-state index is -4.48. The van der Waals surface area contributed by atoms with Crippen LogP contribution in [-0.4, -0.2) is 101 Å². The summed E-state index contributed by atoms with van der Waals surface area (Å²) in [6, 6.07) is 0. The lowest BCUT2D eigenvalue weighted by molar-refractivity contribution is 0.0392. The van der Waals surface area contributed by atoms with Crippen molar-refractivity contribution in [1.82, 2.24) is 0 Å². The van der Waals surface area contributed by atoms with E-state index in [-0.39, 0.29) is 71.5 Å². The molecule has 19 heteroatoms. The molecule has 0 aromatic heterocycles. The SMILES string of the molecule is CCCOCCOP(=O)(O)OCC(COP(=O)(O)OCCOCCOP(=O)(O)OCCOCCN)CC(C)(C)C. The quantitative estimate of drug-likeness (QED) is 0.0743. The van der Waals surface area contributed by atoms with Crippen LogP contribution in [0.1, 0.15) is 40.5 Å². The largest absolute Gasteiger partial charge is 0.472 e. The summed E-state index contributed by atoms with van der Waals surface area (Å²) in [5, 5.41) is 0. The van der Waals surface area contributed by atoms with Crippen molar-refractivity contribution in [3.05, 3.63) is 0 Å². The van der Waals surface area contributed by atoms with Crippen molar-refractivity contribution in [2.75, 3.05) is 85.8 Å². The average Bonchev–Trinajstić information content (AvgIpc) is 2.84. The molecule has 0 aliphatic rings. The molecule has 4 unspecified atom stereocenters. The summed E-state index contributed by atoms with van der Waals surface area (Å²) < 4.78 is 80.6. The lowest BCUT2D eigenvalue weighted by atomic mass is 9.85. The van der Waals surface area contributed by atoms with Gasteiger partial charge in [-0.1, -0.05) is 27.7 Å². The molecule has 0 bridgehead atoms. The molecule has 0 spiro atoms. The Balaban J connectivity index is 4.34. The zero-order valence-electron chi connectivity index (χ0n) is 23.8. The Kier molecular flexibility index (Phi) is 21.9.